The van der Waals surface area contributed by atoms with E-state index in [0.717, 1.165) is 36.0 Å². The van der Waals surface area contributed by atoms with E-state index in [-0.39, 0.29) is 5.91 Å². The van der Waals surface area contributed by atoms with Crippen molar-refractivity contribution in [2.24, 2.45) is 0 Å². The van der Waals surface area contributed by atoms with Gasteiger partial charge in [-0.05, 0) is 18.2 Å². The van der Waals surface area contributed by atoms with Crippen LogP contribution in [0.3, 0.4) is 0 Å². The highest BCUT2D eigenvalue weighted by molar-refractivity contribution is 7.98. The van der Waals surface area contributed by atoms with Crippen LogP contribution in [0.1, 0.15) is 18.9 Å². The zero-order valence-corrected chi connectivity index (χ0v) is 11.9. The Morgan fingerprint density at radius 1 is 1.37 bits per heavy atom. The van der Waals surface area contributed by atoms with Crippen LogP contribution in [0.4, 0.5) is 0 Å². The number of carbonyl (C=O) groups excluding carboxylic acids is 1. The molecule has 0 fully saturated rings. The van der Waals surface area contributed by atoms with Gasteiger partial charge in [0.15, 0.2) is 11.5 Å². The summed E-state index contributed by atoms with van der Waals surface area (Å²) >= 11 is 1.84. The number of rotatable bonds is 6. The fourth-order valence-electron chi connectivity index (χ4n) is 1.87. The lowest BCUT2D eigenvalue weighted by Crippen LogP contribution is -2.21. The molecule has 1 amide bonds. The largest absolute Gasteiger partial charge is 0.486 e. The molecule has 0 unspecified atom stereocenters. The second-order valence-electron chi connectivity index (χ2n) is 4.33. The van der Waals surface area contributed by atoms with Crippen LogP contribution in [0.2, 0.25) is 0 Å². The standard InChI is InChI=1S/C14H19NO3S/c1-11(16)15-6-3-9-19-10-12-4-2-5-13-14(12)18-8-7-17-13/h2,4-5H,3,6-10H2,1H3,(H,15,16). The SMILES string of the molecule is CC(=O)NCCCSCc1cccc2c1OCCO2. The van der Waals surface area contributed by atoms with Crippen molar-refractivity contribution in [1.82, 2.24) is 5.32 Å². The molecular weight excluding hydrogens is 262 g/mol. The van der Waals surface area contributed by atoms with E-state index in [1.165, 1.54) is 5.56 Å². The van der Waals surface area contributed by atoms with Crippen molar-refractivity contribution in [3.05, 3.63) is 23.8 Å². The molecule has 0 spiro atoms. The van der Waals surface area contributed by atoms with Gasteiger partial charge in [-0.25, -0.2) is 0 Å². The third-order valence-corrected chi connectivity index (χ3v) is 3.84. The van der Waals surface area contributed by atoms with Gasteiger partial charge < -0.3 is 14.8 Å². The highest BCUT2D eigenvalue weighted by Gasteiger charge is 2.14. The second-order valence-corrected chi connectivity index (χ2v) is 5.44. The van der Waals surface area contributed by atoms with Crippen LogP contribution >= 0.6 is 11.8 Å². The summed E-state index contributed by atoms with van der Waals surface area (Å²) in [7, 11) is 0. The smallest absolute Gasteiger partial charge is 0.216 e. The summed E-state index contributed by atoms with van der Waals surface area (Å²) in [4.78, 5) is 10.7. The van der Waals surface area contributed by atoms with Gasteiger partial charge in [-0.3, -0.25) is 4.79 Å². The average Bonchev–Trinajstić information content (AvgIpc) is 2.42. The van der Waals surface area contributed by atoms with Gasteiger partial charge in [-0.2, -0.15) is 11.8 Å². The Morgan fingerprint density at radius 2 is 2.21 bits per heavy atom. The number of para-hydroxylation sites is 1. The zero-order chi connectivity index (χ0) is 13.5. The van der Waals surface area contributed by atoms with Crippen LogP contribution < -0.4 is 14.8 Å². The number of amides is 1. The molecule has 2 rings (SSSR count). The lowest BCUT2D eigenvalue weighted by Gasteiger charge is -2.20. The highest BCUT2D eigenvalue weighted by Crippen LogP contribution is 2.35. The number of hydrogen-bond acceptors (Lipinski definition) is 4. The molecule has 19 heavy (non-hydrogen) atoms. The van der Waals surface area contributed by atoms with Crippen LogP contribution in [0.5, 0.6) is 11.5 Å². The number of thioether (sulfide) groups is 1. The van der Waals surface area contributed by atoms with Crippen molar-refractivity contribution in [2.75, 3.05) is 25.5 Å². The van der Waals surface area contributed by atoms with E-state index in [4.69, 9.17) is 9.47 Å². The number of nitrogens with one attached hydrogen (secondary N) is 1. The monoisotopic (exact) mass is 281 g/mol. The maximum atomic E-state index is 10.7. The van der Waals surface area contributed by atoms with Crippen molar-refractivity contribution in [3.8, 4) is 11.5 Å². The van der Waals surface area contributed by atoms with Gasteiger partial charge in [0.05, 0.1) is 0 Å². The van der Waals surface area contributed by atoms with Crippen LogP contribution in [-0.4, -0.2) is 31.4 Å². The summed E-state index contributed by atoms with van der Waals surface area (Å²) in [5.41, 5.74) is 1.18. The Morgan fingerprint density at radius 3 is 3.05 bits per heavy atom. The topological polar surface area (TPSA) is 47.6 Å². The molecule has 0 bridgehead atoms. The molecule has 0 saturated carbocycles. The first-order valence-corrected chi connectivity index (χ1v) is 7.62. The molecule has 1 heterocycles. The van der Waals surface area contributed by atoms with Crippen LogP contribution in [0.15, 0.2) is 18.2 Å². The minimum Gasteiger partial charge on any atom is -0.486 e. The minimum absolute atomic E-state index is 0.0349. The van der Waals surface area contributed by atoms with Gasteiger partial charge in [-0.1, -0.05) is 12.1 Å². The number of hydrogen-bond donors (Lipinski definition) is 1. The molecule has 4 nitrogen and oxygen atoms in total. The Hall–Kier alpha value is -1.36. The first-order valence-electron chi connectivity index (χ1n) is 6.47. The Kier molecular flexibility index (Phi) is 5.39. The molecule has 1 N–H and O–H groups in total. The summed E-state index contributed by atoms with van der Waals surface area (Å²) in [6.07, 6.45) is 0.983. The maximum absolute atomic E-state index is 10.7. The van der Waals surface area contributed by atoms with Gasteiger partial charge >= 0.3 is 0 Å². The minimum atomic E-state index is 0.0349. The second kappa shape index (κ2) is 7.28. The molecule has 0 saturated heterocycles. The van der Waals surface area contributed by atoms with Crippen molar-refractivity contribution >= 4 is 17.7 Å². The normalized spacial score (nSPS) is 13.1. The maximum Gasteiger partial charge on any atom is 0.216 e. The molecule has 0 aliphatic carbocycles. The van der Waals surface area contributed by atoms with Gasteiger partial charge in [0.2, 0.25) is 5.91 Å². The summed E-state index contributed by atoms with van der Waals surface area (Å²) in [5.74, 6) is 3.70. The molecule has 0 aromatic heterocycles. The molecule has 1 aromatic carbocycles. The van der Waals surface area contributed by atoms with Crippen LogP contribution in [0, 0.1) is 0 Å². The van der Waals surface area contributed by atoms with Crippen molar-refractivity contribution in [1.29, 1.82) is 0 Å². The quantitative estimate of drug-likeness (QED) is 0.812. The number of carbonyl (C=O) groups is 1. The third kappa shape index (κ3) is 4.35. The number of fused-ring (bicyclic) bond motifs is 1. The first kappa shape index (κ1) is 14.1. The molecule has 1 aliphatic heterocycles. The lowest BCUT2D eigenvalue weighted by atomic mass is 10.2. The fourth-order valence-corrected chi connectivity index (χ4v) is 2.81. The molecule has 5 heteroatoms. The van der Waals surface area contributed by atoms with E-state index in [1.807, 2.05) is 23.9 Å². The molecular formula is C14H19NO3S. The molecule has 0 atom stereocenters. The van der Waals surface area contributed by atoms with E-state index in [9.17, 15) is 4.79 Å². The van der Waals surface area contributed by atoms with Gasteiger partial charge in [0.1, 0.15) is 13.2 Å². The Labute approximate surface area is 117 Å². The summed E-state index contributed by atoms with van der Waals surface area (Å²) < 4.78 is 11.2. The number of ether oxygens (including phenoxy) is 2. The van der Waals surface area contributed by atoms with Gasteiger partial charge in [0, 0.05) is 24.8 Å². The molecule has 0 radical (unpaired) electrons. The lowest BCUT2D eigenvalue weighted by molar-refractivity contribution is -0.118. The molecule has 1 aromatic rings. The van der Waals surface area contributed by atoms with Crippen molar-refractivity contribution in [3.63, 3.8) is 0 Å². The fraction of sp³-hybridized carbons (Fsp3) is 0.500. The van der Waals surface area contributed by atoms with Crippen LogP contribution in [-0.2, 0) is 10.5 Å². The first-order chi connectivity index (χ1) is 9.27. The van der Waals surface area contributed by atoms with Gasteiger partial charge in [0.25, 0.3) is 0 Å². The summed E-state index contributed by atoms with van der Waals surface area (Å²) in [6.45, 7) is 3.53. The molecule has 1 aliphatic rings. The molecule has 104 valence electrons. The predicted octanol–water partition coefficient (Wildman–Crippen LogP) is 2.22. The Balaban J connectivity index is 1.75. The summed E-state index contributed by atoms with van der Waals surface area (Å²) in [6, 6.07) is 6.02. The van der Waals surface area contributed by atoms with E-state index in [2.05, 4.69) is 11.4 Å². The highest BCUT2D eigenvalue weighted by atomic mass is 32.2. The number of benzene rings is 1. The third-order valence-electron chi connectivity index (χ3n) is 2.74. The van der Waals surface area contributed by atoms with Crippen molar-refractivity contribution in [2.45, 2.75) is 19.1 Å². The van der Waals surface area contributed by atoms with Crippen molar-refractivity contribution < 1.29 is 14.3 Å². The summed E-state index contributed by atoms with van der Waals surface area (Å²) in [5, 5.41) is 2.80. The van der Waals surface area contributed by atoms with E-state index < -0.39 is 0 Å². The Bertz CT molecular complexity index is 437. The van der Waals surface area contributed by atoms with Crippen LogP contribution in [0.25, 0.3) is 0 Å². The van der Waals surface area contributed by atoms with Gasteiger partial charge in [-0.15, -0.1) is 0 Å². The predicted molar refractivity (Wildman–Crippen MR) is 76.9 cm³/mol. The van der Waals surface area contributed by atoms with E-state index in [1.54, 1.807) is 6.92 Å². The average molecular weight is 281 g/mol. The van der Waals surface area contributed by atoms with E-state index >= 15 is 0 Å². The zero-order valence-electron chi connectivity index (χ0n) is 11.1. The van der Waals surface area contributed by atoms with E-state index in [0.29, 0.717) is 13.2 Å².